The van der Waals surface area contributed by atoms with E-state index in [0.717, 1.165) is 13.0 Å². The van der Waals surface area contributed by atoms with Gasteiger partial charge in [0.15, 0.2) is 0 Å². The number of rotatable bonds is 9. The number of hydrogen-bond acceptors (Lipinski definition) is 2. The molecule has 0 aromatic carbocycles. The van der Waals surface area contributed by atoms with Gasteiger partial charge in [0.1, 0.15) is 0 Å². The molecule has 0 saturated carbocycles. The first-order valence-corrected chi connectivity index (χ1v) is 7.49. The van der Waals surface area contributed by atoms with Gasteiger partial charge in [0.25, 0.3) is 0 Å². The first kappa shape index (κ1) is 17.9. The van der Waals surface area contributed by atoms with E-state index in [1.807, 2.05) is 7.11 Å². The van der Waals surface area contributed by atoms with Crippen LogP contribution < -0.4 is 5.32 Å². The van der Waals surface area contributed by atoms with Crippen LogP contribution in [0.5, 0.6) is 0 Å². The molecule has 2 nitrogen and oxygen atoms in total. The van der Waals surface area contributed by atoms with Gasteiger partial charge in [-0.3, -0.25) is 0 Å². The van der Waals surface area contributed by atoms with Crippen molar-refractivity contribution in [3.63, 3.8) is 0 Å². The van der Waals surface area contributed by atoms with Gasteiger partial charge in [-0.2, -0.15) is 0 Å². The summed E-state index contributed by atoms with van der Waals surface area (Å²) in [5.74, 6) is 0. The van der Waals surface area contributed by atoms with Crippen molar-refractivity contribution in [3.05, 3.63) is 0 Å². The fourth-order valence-corrected chi connectivity index (χ4v) is 2.18. The zero-order chi connectivity index (χ0) is 14.2. The third-order valence-corrected chi connectivity index (χ3v) is 3.45. The van der Waals surface area contributed by atoms with Gasteiger partial charge in [0.2, 0.25) is 0 Å². The molecule has 1 atom stereocenters. The second-order valence-corrected chi connectivity index (χ2v) is 7.27. The van der Waals surface area contributed by atoms with E-state index in [9.17, 15) is 0 Å². The Morgan fingerprint density at radius 2 is 1.72 bits per heavy atom. The van der Waals surface area contributed by atoms with E-state index in [2.05, 4.69) is 46.9 Å². The number of ether oxygens (including phenoxy) is 1. The van der Waals surface area contributed by atoms with E-state index in [1.165, 1.54) is 25.7 Å². The van der Waals surface area contributed by atoms with Gasteiger partial charge in [-0.05, 0) is 51.5 Å². The zero-order valence-electron chi connectivity index (χ0n) is 13.7. The van der Waals surface area contributed by atoms with E-state index >= 15 is 0 Å². The van der Waals surface area contributed by atoms with Gasteiger partial charge in [-0.15, -0.1) is 0 Å². The normalized spacial score (nSPS) is 14.8. The summed E-state index contributed by atoms with van der Waals surface area (Å²) in [6.45, 7) is 14.6. The largest absolute Gasteiger partial charge is 0.379 e. The van der Waals surface area contributed by atoms with E-state index < -0.39 is 0 Å². The highest BCUT2D eigenvalue weighted by Gasteiger charge is 2.22. The highest BCUT2D eigenvalue weighted by molar-refractivity contribution is 4.79. The SMILES string of the molecule is CCCNC(CCCC(C)(C)C)CC(C)(C)OC. The molecule has 2 heteroatoms. The lowest BCUT2D eigenvalue weighted by atomic mass is 9.87. The maximum absolute atomic E-state index is 5.56. The molecule has 0 fully saturated rings. The Morgan fingerprint density at radius 3 is 2.17 bits per heavy atom. The maximum Gasteiger partial charge on any atom is 0.0637 e. The molecule has 18 heavy (non-hydrogen) atoms. The molecule has 0 radical (unpaired) electrons. The Labute approximate surface area is 115 Å². The van der Waals surface area contributed by atoms with Crippen LogP contribution in [-0.4, -0.2) is 25.3 Å². The average Bonchev–Trinajstić information content (AvgIpc) is 2.23. The van der Waals surface area contributed by atoms with Crippen molar-refractivity contribution in [3.8, 4) is 0 Å². The van der Waals surface area contributed by atoms with Crippen molar-refractivity contribution >= 4 is 0 Å². The minimum absolute atomic E-state index is 0.0207. The van der Waals surface area contributed by atoms with Crippen LogP contribution in [0.25, 0.3) is 0 Å². The number of nitrogens with one attached hydrogen (secondary N) is 1. The summed E-state index contributed by atoms with van der Waals surface area (Å²) in [5, 5.41) is 3.67. The highest BCUT2D eigenvalue weighted by atomic mass is 16.5. The molecule has 0 rings (SSSR count). The molecule has 0 aromatic rings. The van der Waals surface area contributed by atoms with Crippen LogP contribution in [0.15, 0.2) is 0 Å². The summed E-state index contributed by atoms with van der Waals surface area (Å²) in [4.78, 5) is 0. The summed E-state index contributed by atoms with van der Waals surface area (Å²) in [5.41, 5.74) is 0.430. The van der Waals surface area contributed by atoms with Gasteiger partial charge in [0, 0.05) is 13.2 Å². The summed E-state index contributed by atoms with van der Waals surface area (Å²) in [7, 11) is 1.81. The van der Waals surface area contributed by atoms with E-state index in [0.29, 0.717) is 11.5 Å². The maximum atomic E-state index is 5.56. The molecule has 0 aromatic heterocycles. The molecule has 110 valence electrons. The minimum Gasteiger partial charge on any atom is -0.379 e. The van der Waals surface area contributed by atoms with Crippen molar-refractivity contribution in [1.29, 1.82) is 0 Å². The predicted molar refractivity (Wildman–Crippen MR) is 81.1 cm³/mol. The summed E-state index contributed by atoms with van der Waals surface area (Å²) in [6, 6.07) is 0.585. The van der Waals surface area contributed by atoms with Crippen LogP contribution in [0.4, 0.5) is 0 Å². The number of hydrogen-bond donors (Lipinski definition) is 1. The number of methoxy groups -OCH3 is 1. The molecule has 0 aliphatic rings. The van der Waals surface area contributed by atoms with Crippen molar-refractivity contribution in [1.82, 2.24) is 5.32 Å². The van der Waals surface area contributed by atoms with Gasteiger partial charge in [-0.1, -0.05) is 34.1 Å². The fourth-order valence-electron chi connectivity index (χ4n) is 2.18. The Kier molecular flexibility index (Phi) is 8.13. The molecule has 0 aliphatic heterocycles. The van der Waals surface area contributed by atoms with Crippen LogP contribution in [-0.2, 0) is 4.74 Å². The minimum atomic E-state index is -0.0207. The standard InChI is InChI=1S/C16H35NO/c1-8-12-17-14(13-16(5,6)18-7)10-9-11-15(2,3)4/h14,17H,8-13H2,1-7H3. The van der Waals surface area contributed by atoms with Gasteiger partial charge in [0.05, 0.1) is 5.60 Å². The highest BCUT2D eigenvalue weighted by Crippen LogP contribution is 2.24. The molecule has 0 spiro atoms. The molecule has 1 N–H and O–H groups in total. The third kappa shape index (κ3) is 9.90. The van der Waals surface area contributed by atoms with Gasteiger partial charge >= 0.3 is 0 Å². The molecule has 0 amide bonds. The fraction of sp³-hybridized carbons (Fsp3) is 1.00. The first-order chi connectivity index (χ1) is 8.20. The summed E-state index contributed by atoms with van der Waals surface area (Å²) < 4.78 is 5.56. The van der Waals surface area contributed by atoms with Crippen molar-refractivity contribution < 1.29 is 4.74 Å². The van der Waals surface area contributed by atoms with Gasteiger partial charge < -0.3 is 10.1 Å². The van der Waals surface area contributed by atoms with Crippen molar-refractivity contribution in [2.75, 3.05) is 13.7 Å². The molecule has 0 heterocycles. The smallest absolute Gasteiger partial charge is 0.0637 e. The monoisotopic (exact) mass is 257 g/mol. The average molecular weight is 257 g/mol. The van der Waals surface area contributed by atoms with Crippen LogP contribution in [0.1, 0.15) is 73.6 Å². The Bertz CT molecular complexity index is 206. The van der Waals surface area contributed by atoms with Crippen LogP contribution in [0.2, 0.25) is 0 Å². The van der Waals surface area contributed by atoms with E-state index in [4.69, 9.17) is 4.74 Å². The zero-order valence-corrected chi connectivity index (χ0v) is 13.7. The van der Waals surface area contributed by atoms with Crippen LogP contribution in [0.3, 0.4) is 0 Å². The lowest BCUT2D eigenvalue weighted by Crippen LogP contribution is -2.38. The van der Waals surface area contributed by atoms with E-state index in [1.54, 1.807) is 0 Å². The molecular weight excluding hydrogens is 222 g/mol. The Hall–Kier alpha value is -0.0800. The Balaban J connectivity index is 4.14. The summed E-state index contributed by atoms with van der Waals surface area (Å²) >= 11 is 0. The molecule has 0 bridgehead atoms. The van der Waals surface area contributed by atoms with Gasteiger partial charge in [-0.25, -0.2) is 0 Å². The van der Waals surface area contributed by atoms with Crippen LogP contribution in [0, 0.1) is 5.41 Å². The van der Waals surface area contributed by atoms with Crippen LogP contribution >= 0.6 is 0 Å². The third-order valence-electron chi connectivity index (χ3n) is 3.45. The molecule has 0 aliphatic carbocycles. The summed E-state index contributed by atoms with van der Waals surface area (Å²) in [6.07, 6.45) is 6.14. The molecule has 1 unspecified atom stereocenters. The lowest BCUT2D eigenvalue weighted by molar-refractivity contribution is 0.00605. The molecule has 0 saturated heterocycles. The second kappa shape index (κ2) is 8.16. The first-order valence-electron chi connectivity index (χ1n) is 7.49. The lowest BCUT2D eigenvalue weighted by Gasteiger charge is -2.30. The van der Waals surface area contributed by atoms with E-state index in [-0.39, 0.29) is 5.60 Å². The topological polar surface area (TPSA) is 21.3 Å². The van der Waals surface area contributed by atoms with Crippen molar-refractivity contribution in [2.24, 2.45) is 5.41 Å². The quantitative estimate of drug-likeness (QED) is 0.661. The Morgan fingerprint density at radius 1 is 1.11 bits per heavy atom. The molecular formula is C16H35NO. The predicted octanol–water partition coefficient (Wildman–Crippen LogP) is 4.39. The second-order valence-electron chi connectivity index (χ2n) is 7.27. The van der Waals surface area contributed by atoms with Crippen molar-refractivity contribution in [2.45, 2.75) is 85.3 Å².